The topological polar surface area (TPSA) is 17.1 Å². The van der Waals surface area contributed by atoms with E-state index in [-0.39, 0.29) is 22.9 Å². The van der Waals surface area contributed by atoms with Crippen molar-refractivity contribution >= 4 is 23.2 Å². The van der Waals surface area contributed by atoms with Gasteiger partial charge in [0.2, 0.25) is 0 Å². The Morgan fingerprint density at radius 2 is 1.65 bits per heavy atom. The fourth-order valence-corrected chi connectivity index (χ4v) is 2.12. The van der Waals surface area contributed by atoms with Crippen LogP contribution >= 0.6 is 11.3 Å². The Morgan fingerprint density at radius 3 is 2.15 bits per heavy atom. The molecule has 1 nitrogen and oxygen atoms in total. The summed E-state index contributed by atoms with van der Waals surface area (Å²) in [5.41, 5.74) is 0.748. The van der Waals surface area contributed by atoms with Gasteiger partial charge in [0, 0.05) is 21.9 Å². The van der Waals surface area contributed by atoms with Gasteiger partial charge >= 0.3 is 0 Å². The molecule has 0 fully saturated rings. The number of ketones is 1. The number of carbonyl (C=O) groups is 1. The molecule has 3 heteroatoms. The summed E-state index contributed by atoms with van der Waals surface area (Å²) < 4.78 is 0. The Kier molecular flexibility index (Phi) is 7.59. The molecule has 0 bridgehead atoms. The molecule has 3 rings (SSSR count). The molecule has 0 atom stereocenters. The van der Waals surface area contributed by atoms with Crippen molar-refractivity contribution < 1.29 is 21.9 Å². The van der Waals surface area contributed by atoms with Gasteiger partial charge in [0.25, 0.3) is 0 Å². The van der Waals surface area contributed by atoms with Crippen LogP contribution in [0.5, 0.6) is 0 Å². The largest absolute Gasteiger partial charge is 0.748 e. The molecule has 2 aromatic carbocycles. The number of hydrogen-bond acceptors (Lipinski definition) is 2. The zero-order chi connectivity index (χ0) is 13.3. The van der Waals surface area contributed by atoms with E-state index in [0.717, 1.165) is 10.4 Å². The van der Waals surface area contributed by atoms with E-state index in [1.807, 2.05) is 78.2 Å². The number of carbonyl (C=O) groups excluding carboxylic acids is 1. The number of rotatable bonds is 3. The summed E-state index contributed by atoms with van der Waals surface area (Å²) in [7, 11) is 0. The summed E-state index contributed by atoms with van der Waals surface area (Å²) in [5.74, 6) is 0.0587. The third-order valence-electron chi connectivity index (χ3n) is 2.44. The van der Waals surface area contributed by atoms with Crippen LogP contribution in [0.3, 0.4) is 0 Å². The fourth-order valence-electron chi connectivity index (χ4n) is 1.50. The Hall–Kier alpha value is -1.67. The van der Waals surface area contributed by atoms with Crippen molar-refractivity contribution in [3.63, 3.8) is 0 Å². The molecule has 0 aliphatic heterocycles. The van der Waals surface area contributed by atoms with Crippen LogP contribution in [0.2, 0.25) is 0 Å². The molecule has 0 N–H and O–H groups in total. The van der Waals surface area contributed by atoms with E-state index >= 15 is 0 Å². The molecule has 0 unspecified atom stereocenters. The van der Waals surface area contributed by atoms with Gasteiger partial charge in [-0.05, 0) is 11.4 Å². The minimum absolute atomic E-state index is 0. The van der Waals surface area contributed by atoms with Crippen molar-refractivity contribution in [2.75, 3.05) is 0 Å². The zero-order valence-electron chi connectivity index (χ0n) is 10.8. The Morgan fingerprint density at radius 1 is 1.05 bits per heavy atom. The second kappa shape index (κ2) is 9.27. The normalized spacial score (nSPS) is 9.60. The third-order valence-corrected chi connectivity index (χ3v) is 3.28. The smallest absolute Gasteiger partial charge is 0.105 e. The first-order valence-corrected chi connectivity index (χ1v) is 6.88. The maximum Gasteiger partial charge on any atom is 0.105 e. The average molecular weight is 322 g/mol. The van der Waals surface area contributed by atoms with Crippen LogP contribution in [0, 0.1) is 0 Å². The molecule has 0 aliphatic rings. The Labute approximate surface area is 133 Å². The first-order valence-electron chi connectivity index (χ1n) is 6.00. The van der Waals surface area contributed by atoms with Crippen molar-refractivity contribution in [2.24, 2.45) is 0 Å². The van der Waals surface area contributed by atoms with E-state index in [2.05, 4.69) is 0 Å². The van der Waals surface area contributed by atoms with Crippen molar-refractivity contribution in [3.05, 3.63) is 88.6 Å². The van der Waals surface area contributed by atoms with Gasteiger partial charge in [-0.1, -0.05) is 23.8 Å². The van der Waals surface area contributed by atoms with E-state index in [0.29, 0.717) is 0 Å². The summed E-state index contributed by atoms with van der Waals surface area (Å²) in [6.07, 6.45) is 3.46. The first-order chi connectivity index (χ1) is 9.36. The van der Waals surface area contributed by atoms with Crippen LogP contribution in [0.4, 0.5) is 0 Å². The van der Waals surface area contributed by atoms with Gasteiger partial charge in [-0.2, -0.15) is 12.1 Å². The first kappa shape index (κ1) is 16.4. The summed E-state index contributed by atoms with van der Waals surface area (Å²) in [6.45, 7) is 0. The Bertz CT molecular complexity index is 572. The number of hydrogen-bond donors (Lipinski definition) is 0. The van der Waals surface area contributed by atoms with Crippen molar-refractivity contribution in [2.45, 2.75) is 0 Å². The minimum Gasteiger partial charge on any atom is -0.748 e. The van der Waals surface area contributed by atoms with Crippen LogP contribution in [0.25, 0.3) is 6.08 Å². The van der Waals surface area contributed by atoms with Gasteiger partial charge in [0.1, 0.15) is 5.78 Å². The summed E-state index contributed by atoms with van der Waals surface area (Å²) in [4.78, 5) is 12.6. The quantitative estimate of drug-likeness (QED) is 0.294. The standard InChI is InChI=1S/C12H9OS.C5H5.Fe/c13-12(10-4-1-2-5-10)8-7-11-6-3-9-14-11;1-2-4-5-3-1;/h1-9H;1-5H;/q-1;-5;. The maximum absolute atomic E-state index is 11.5. The van der Waals surface area contributed by atoms with E-state index in [4.69, 9.17) is 0 Å². The molecule has 1 heterocycles. The number of thiophene rings is 1. The van der Waals surface area contributed by atoms with Crippen LogP contribution in [-0.2, 0) is 17.1 Å². The average Bonchev–Trinajstić information content (AvgIpc) is 3.21. The molecule has 0 spiro atoms. The van der Waals surface area contributed by atoms with Crippen molar-refractivity contribution in [1.82, 2.24) is 0 Å². The molecule has 0 radical (unpaired) electrons. The third kappa shape index (κ3) is 5.54. The van der Waals surface area contributed by atoms with Gasteiger partial charge in [0.05, 0.1) is 0 Å². The van der Waals surface area contributed by atoms with Crippen molar-refractivity contribution in [1.29, 1.82) is 0 Å². The molecular weight excluding hydrogens is 308 g/mol. The molecule has 0 saturated heterocycles. The Balaban J connectivity index is 0.000000283. The fraction of sp³-hybridized carbons (Fsp3) is 0. The van der Waals surface area contributed by atoms with E-state index in [1.54, 1.807) is 17.4 Å². The van der Waals surface area contributed by atoms with E-state index < -0.39 is 0 Å². The van der Waals surface area contributed by atoms with Crippen LogP contribution < -0.4 is 0 Å². The van der Waals surface area contributed by atoms with Crippen LogP contribution in [0.15, 0.2) is 78.2 Å². The van der Waals surface area contributed by atoms with Crippen LogP contribution in [-0.4, -0.2) is 5.78 Å². The van der Waals surface area contributed by atoms with E-state index in [9.17, 15) is 4.79 Å². The summed E-state index contributed by atoms with van der Waals surface area (Å²) >= 11 is 1.62. The molecule has 0 amide bonds. The molecular formula is C17H14FeOS-6. The monoisotopic (exact) mass is 322 g/mol. The van der Waals surface area contributed by atoms with Gasteiger partial charge in [-0.3, -0.25) is 0 Å². The number of allylic oxidation sites excluding steroid dienone is 1. The van der Waals surface area contributed by atoms with E-state index in [1.165, 1.54) is 0 Å². The van der Waals surface area contributed by atoms with Gasteiger partial charge < -0.3 is 35.1 Å². The predicted octanol–water partition coefficient (Wildman–Crippen LogP) is 4.77. The SMILES string of the molecule is O=C(C=Cc1cccs1)[c-]1cccc1.[Fe].[cH-]1[cH-][cH-][cH-][cH-]1. The van der Waals surface area contributed by atoms with Crippen molar-refractivity contribution in [3.8, 4) is 0 Å². The van der Waals surface area contributed by atoms with Gasteiger partial charge in [-0.15, -0.1) is 23.5 Å². The molecule has 0 aliphatic carbocycles. The summed E-state index contributed by atoms with van der Waals surface area (Å²) in [5, 5.41) is 1.99. The zero-order valence-corrected chi connectivity index (χ0v) is 12.7. The van der Waals surface area contributed by atoms with Crippen LogP contribution in [0.1, 0.15) is 15.2 Å². The van der Waals surface area contributed by atoms with Gasteiger partial charge in [0.15, 0.2) is 0 Å². The predicted molar refractivity (Wildman–Crippen MR) is 81.8 cm³/mol. The molecule has 0 saturated carbocycles. The van der Waals surface area contributed by atoms with Gasteiger partial charge in [-0.25, -0.2) is 0 Å². The molecule has 3 aromatic rings. The maximum atomic E-state index is 11.5. The molecule has 108 valence electrons. The second-order valence-corrected chi connectivity index (χ2v) is 4.83. The summed E-state index contributed by atoms with van der Waals surface area (Å²) in [6, 6.07) is 21.3. The minimum atomic E-state index is 0. The second-order valence-electron chi connectivity index (χ2n) is 3.85. The molecule has 1 aromatic heterocycles. The molecule has 20 heavy (non-hydrogen) atoms.